The zero-order chi connectivity index (χ0) is 18.3. The Labute approximate surface area is 154 Å². The van der Waals surface area contributed by atoms with Gasteiger partial charge in [0.2, 0.25) is 5.91 Å². The van der Waals surface area contributed by atoms with E-state index in [-0.39, 0.29) is 10.9 Å². The smallest absolute Gasteiger partial charge is 0.232 e. The van der Waals surface area contributed by atoms with E-state index in [1.807, 2.05) is 6.07 Å². The number of nitrogens with zero attached hydrogens (tertiary/aromatic N) is 3. The van der Waals surface area contributed by atoms with Gasteiger partial charge in [0.05, 0.1) is 22.8 Å². The molecule has 4 rings (SSSR count). The molecule has 1 aliphatic carbocycles. The number of carbonyl (C=O) groups excluding carboxylic acids is 1. The monoisotopic (exact) mass is 373 g/mol. The van der Waals surface area contributed by atoms with Crippen LogP contribution >= 0.6 is 11.6 Å². The average Bonchev–Trinajstić information content (AvgIpc) is 3.17. The minimum absolute atomic E-state index is 0.0235. The number of rotatable bonds is 5. The molecule has 1 fully saturated rings. The summed E-state index contributed by atoms with van der Waals surface area (Å²) in [7, 11) is 0. The number of aromatic nitrogens is 4. The third-order valence-electron chi connectivity index (χ3n) is 4.53. The van der Waals surface area contributed by atoms with E-state index in [1.165, 1.54) is 25.0 Å². The third kappa shape index (κ3) is 3.35. The van der Waals surface area contributed by atoms with Gasteiger partial charge in [-0.25, -0.2) is 9.07 Å². The first-order valence-electron chi connectivity index (χ1n) is 8.37. The minimum atomic E-state index is -0.486. The molecule has 2 N–H and O–H groups in total. The summed E-state index contributed by atoms with van der Waals surface area (Å²) < 4.78 is 14.9. The summed E-state index contributed by atoms with van der Waals surface area (Å²) in [6.45, 7) is 1.79. The van der Waals surface area contributed by atoms with Gasteiger partial charge >= 0.3 is 0 Å². The van der Waals surface area contributed by atoms with Crippen molar-refractivity contribution in [1.82, 2.24) is 20.0 Å². The molecule has 2 aromatic heterocycles. The largest absolute Gasteiger partial charge is 0.309 e. The molecular formula is C18H17ClFN5O. The van der Waals surface area contributed by atoms with Crippen LogP contribution in [0, 0.1) is 5.82 Å². The Bertz CT molecular complexity index is 962. The maximum Gasteiger partial charge on any atom is 0.232 e. The molecule has 1 aliphatic rings. The maximum atomic E-state index is 13.3. The fourth-order valence-corrected chi connectivity index (χ4v) is 2.89. The summed E-state index contributed by atoms with van der Waals surface area (Å²) in [6, 6.07) is 6.23. The van der Waals surface area contributed by atoms with Crippen molar-refractivity contribution >= 4 is 23.3 Å². The highest BCUT2D eigenvalue weighted by Gasteiger charge is 2.26. The summed E-state index contributed by atoms with van der Waals surface area (Å²) in [5.74, 6) is 0.00388. The summed E-state index contributed by atoms with van der Waals surface area (Å²) >= 11 is 5.81. The van der Waals surface area contributed by atoms with Gasteiger partial charge in [0, 0.05) is 29.4 Å². The molecule has 26 heavy (non-hydrogen) atoms. The van der Waals surface area contributed by atoms with Gasteiger partial charge in [-0.05, 0) is 38.0 Å². The van der Waals surface area contributed by atoms with Gasteiger partial charge in [0.15, 0.2) is 5.82 Å². The quantitative estimate of drug-likeness (QED) is 0.709. The number of carbonyl (C=O) groups is 1. The maximum absolute atomic E-state index is 13.3. The standard InChI is InChI=1S/C18H17ClFN5O/c1-10(18(26)22-17-7-16(23-24-17)11-2-3-11)12-8-21-25(9-12)13-4-5-15(20)14(19)6-13/h4-11H,2-3H2,1H3,(H2,22,23,24,26)/t10-/m0/s1. The van der Waals surface area contributed by atoms with Gasteiger partial charge in [0.1, 0.15) is 5.82 Å². The predicted molar refractivity (Wildman–Crippen MR) is 96.1 cm³/mol. The van der Waals surface area contributed by atoms with Crippen molar-refractivity contribution in [2.24, 2.45) is 0 Å². The molecule has 0 bridgehead atoms. The molecule has 1 saturated carbocycles. The van der Waals surface area contributed by atoms with E-state index in [1.54, 1.807) is 30.1 Å². The van der Waals surface area contributed by atoms with Crippen LogP contribution in [0.4, 0.5) is 10.2 Å². The van der Waals surface area contributed by atoms with Crippen LogP contribution in [0.1, 0.15) is 42.9 Å². The summed E-state index contributed by atoms with van der Waals surface area (Å²) in [4.78, 5) is 12.5. The van der Waals surface area contributed by atoms with Gasteiger partial charge < -0.3 is 5.32 Å². The lowest BCUT2D eigenvalue weighted by molar-refractivity contribution is -0.117. The van der Waals surface area contributed by atoms with Gasteiger partial charge in [-0.3, -0.25) is 9.89 Å². The van der Waals surface area contributed by atoms with Crippen molar-refractivity contribution in [2.45, 2.75) is 31.6 Å². The molecule has 134 valence electrons. The van der Waals surface area contributed by atoms with E-state index in [2.05, 4.69) is 20.6 Å². The first kappa shape index (κ1) is 16.8. The molecule has 0 saturated heterocycles. The number of halogens is 2. The number of hydrogen-bond acceptors (Lipinski definition) is 3. The number of H-pyrrole nitrogens is 1. The second-order valence-electron chi connectivity index (χ2n) is 6.51. The van der Waals surface area contributed by atoms with Crippen molar-refractivity contribution in [1.29, 1.82) is 0 Å². The third-order valence-corrected chi connectivity index (χ3v) is 4.82. The first-order valence-corrected chi connectivity index (χ1v) is 8.75. The van der Waals surface area contributed by atoms with E-state index in [4.69, 9.17) is 11.6 Å². The van der Waals surface area contributed by atoms with Gasteiger partial charge in [-0.15, -0.1) is 0 Å². The molecule has 0 radical (unpaired) electrons. The normalized spacial score (nSPS) is 15.0. The number of nitrogens with one attached hydrogen (secondary N) is 2. The first-order chi connectivity index (χ1) is 12.5. The lowest BCUT2D eigenvalue weighted by Gasteiger charge is -2.08. The van der Waals surface area contributed by atoms with E-state index in [0.717, 1.165) is 11.3 Å². The molecule has 8 heteroatoms. The number of aromatic amines is 1. The molecule has 1 atom stereocenters. The topological polar surface area (TPSA) is 75.6 Å². The molecule has 3 aromatic rings. The lowest BCUT2D eigenvalue weighted by atomic mass is 10.0. The van der Waals surface area contributed by atoms with Crippen molar-refractivity contribution in [2.75, 3.05) is 5.32 Å². The zero-order valence-corrected chi connectivity index (χ0v) is 14.8. The second-order valence-corrected chi connectivity index (χ2v) is 6.92. The number of anilines is 1. The van der Waals surface area contributed by atoms with Crippen LogP contribution in [-0.4, -0.2) is 25.9 Å². The molecule has 1 aromatic carbocycles. The van der Waals surface area contributed by atoms with E-state index in [0.29, 0.717) is 17.4 Å². The van der Waals surface area contributed by atoms with Gasteiger partial charge in [-0.1, -0.05) is 11.6 Å². The Morgan fingerprint density at radius 2 is 2.23 bits per heavy atom. The van der Waals surface area contributed by atoms with Crippen molar-refractivity contribution < 1.29 is 9.18 Å². The van der Waals surface area contributed by atoms with Crippen LogP contribution < -0.4 is 5.32 Å². The molecule has 2 heterocycles. The van der Waals surface area contributed by atoms with Gasteiger partial charge in [0.25, 0.3) is 0 Å². The van der Waals surface area contributed by atoms with E-state index < -0.39 is 11.7 Å². The highest BCUT2D eigenvalue weighted by molar-refractivity contribution is 6.30. The highest BCUT2D eigenvalue weighted by atomic mass is 35.5. The average molecular weight is 374 g/mol. The van der Waals surface area contributed by atoms with E-state index >= 15 is 0 Å². The summed E-state index contributed by atoms with van der Waals surface area (Å²) in [6.07, 6.45) is 5.67. The number of hydrogen-bond donors (Lipinski definition) is 2. The second kappa shape index (κ2) is 6.57. The van der Waals surface area contributed by atoms with Gasteiger partial charge in [-0.2, -0.15) is 10.2 Å². The summed E-state index contributed by atoms with van der Waals surface area (Å²) in [5, 5.41) is 14.2. The number of amides is 1. The SMILES string of the molecule is C[C@H](C(=O)Nc1cc(C2CC2)[nH]n1)c1cnn(-c2ccc(F)c(Cl)c2)c1. The highest BCUT2D eigenvalue weighted by Crippen LogP contribution is 2.39. The van der Waals surface area contributed by atoms with Crippen molar-refractivity contribution in [3.05, 3.63) is 58.8 Å². The Kier molecular flexibility index (Phi) is 4.24. The molecule has 6 nitrogen and oxygen atoms in total. The lowest BCUT2D eigenvalue weighted by Crippen LogP contribution is -2.18. The Hall–Kier alpha value is -2.67. The van der Waals surface area contributed by atoms with E-state index in [9.17, 15) is 9.18 Å². The van der Waals surface area contributed by atoms with Crippen molar-refractivity contribution in [3.8, 4) is 5.69 Å². The zero-order valence-electron chi connectivity index (χ0n) is 14.0. The van der Waals surface area contributed by atoms with Crippen LogP contribution in [-0.2, 0) is 4.79 Å². The van der Waals surface area contributed by atoms with Crippen LogP contribution in [0.5, 0.6) is 0 Å². The summed E-state index contributed by atoms with van der Waals surface area (Å²) in [5.41, 5.74) is 2.42. The molecule has 0 unspecified atom stereocenters. The molecule has 0 spiro atoms. The van der Waals surface area contributed by atoms with Crippen LogP contribution in [0.2, 0.25) is 5.02 Å². The fourth-order valence-electron chi connectivity index (χ4n) is 2.72. The van der Waals surface area contributed by atoms with Crippen LogP contribution in [0.15, 0.2) is 36.7 Å². The molecular weight excluding hydrogens is 357 g/mol. The predicted octanol–water partition coefficient (Wildman–Crippen LogP) is 4.01. The molecule has 0 aliphatic heterocycles. The van der Waals surface area contributed by atoms with Crippen LogP contribution in [0.25, 0.3) is 5.69 Å². The molecule has 1 amide bonds. The Morgan fingerprint density at radius 3 is 2.96 bits per heavy atom. The minimum Gasteiger partial charge on any atom is -0.309 e. The fraction of sp³-hybridized carbons (Fsp3) is 0.278. The Morgan fingerprint density at radius 1 is 1.42 bits per heavy atom. The van der Waals surface area contributed by atoms with Crippen molar-refractivity contribution in [3.63, 3.8) is 0 Å². The van der Waals surface area contributed by atoms with Crippen LogP contribution in [0.3, 0.4) is 0 Å². The Balaban J connectivity index is 1.46. The number of benzene rings is 1.